The standard InChI is InChI=1S/C24H27FN2O4/c1-15-14-18(31-4)10-11-19(15)22(28)20-21(16-6-8-17(25)9-7-16)27(24(30)23(20)29)13-5-12-26(2)3/h6-11,14,21,28H,5,12-13H2,1-4H3/p+1. The lowest BCUT2D eigenvalue weighted by atomic mass is 9.94. The lowest BCUT2D eigenvalue weighted by Gasteiger charge is -2.25. The summed E-state index contributed by atoms with van der Waals surface area (Å²) in [6.45, 7) is 2.97. The molecule has 0 saturated carbocycles. The van der Waals surface area contributed by atoms with Gasteiger partial charge in [0.15, 0.2) is 0 Å². The summed E-state index contributed by atoms with van der Waals surface area (Å²) in [5, 5.41) is 11.1. The molecule has 0 bridgehead atoms. The van der Waals surface area contributed by atoms with E-state index in [4.69, 9.17) is 4.74 Å². The number of benzene rings is 2. The highest BCUT2D eigenvalue weighted by atomic mass is 19.1. The van der Waals surface area contributed by atoms with E-state index in [-0.39, 0.29) is 11.3 Å². The van der Waals surface area contributed by atoms with Crippen molar-refractivity contribution in [2.75, 3.05) is 34.3 Å². The molecule has 6 nitrogen and oxygen atoms in total. The van der Waals surface area contributed by atoms with E-state index in [2.05, 4.69) is 0 Å². The van der Waals surface area contributed by atoms with Crippen LogP contribution in [0.5, 0.6) is 5.75 Å². The van der Waals surface area contributed by atoms with Gasteiger partial charge in [0.2, 0.25) is 0 Å². The van der Waals surface area contributed by atoms with Crippen LogP contribution in [0.2, 0.25) is 0 Å². The van der Waals surface area contributed by atoms with Crippen LogP contribution in [-0.4, -0.2) is 56.0 Å². The summed E-state index contributed by atoms with van der Waals surface area (Å²) in [5.74, 6) is -1.43. The topological polar surface area (TPSA) is 71.3 Å². The third-order valence-corrected chi connectivity index (χ3v) is 5.49. The lowest BCUT2D eigenvalue weighted by Crippen LogP contribution is -3.05. The van der Waals surface area contributed by atoms with Gasteiger partial charge in [-0.3, -0.25) is 9.59 Å². The number of methoxy groups -OCH3 is 1. The molecule has 2 aromatic rings. The molecule has 0 spiro atoms. The highest BCUT2D eigenvalue weighted by molar-refractivity contribution is 6.46. The van der Waals surface area contributed by atoms with Gasteiger partial charge in [-0.2, -0.15) is 0 Å². The number of hydrogen-bond donors (Lipinski definition) is 2. The number of halogens is 1. The van der Waals surface area contributed by atoms with Crippen molar-refractivity contribution >= 4 is 17.4 Å². The molecular weight excluding hydrogens is 399 g/mol. The molecule has 1 heterocycles. The second-order valence-corrected chi connectivity index (χ2v) is 8.04. The van der Waals surface area contributed by atoms with Crippen LogP contribution in [-0.2, 0) is 9.59 Å². The Morgan fingerprint density at radius 1 is 1.16 bits per heavy atom. The van der Waals surface area contributed by atoms with Crippen LogP contribution in [0, 0.1) is 12.7 Å². The molecule has 1 amide bonds. The Hall–Kier alpha value is -3.19. The lowest BCUT2D eigenvalue weighted by molar-refractivity contribution is -0.858. The van der Waals surface area contributed by atoms with Gasteiger partial charge >= 0.3 is 0 Å². The molecule has 1 unspecified atom stereocenters. The maximum absolute atomic E-state index is 13.5. The second-order valence-electron chi connectivity index (χ2n) is 8.04. The van der Waals surface area contributed by atoms with Crippen molar-refractivity contribution in [3.8, 4) is 5.75 Å². The van der Waals surface area contributed by atoms with E-state index in [0.29, 0.717) is 35.4 Å². The molecule has 164 valence electrons. The van der Waals surface area contributed by atoms with Crippen LogP contribution >= 0.6 is 0 Å². The van der Waals surface area contributed by atoms with Gasteiger partial charge in [-0.05, 0) is 48.4 Å². The molecule has 1 fully saturated rings. The normalized spacial score (nSPS) is 18.1. The molecule has 1 saturated heterocycles. The Morgan fingerprint density at radius 3 is 2.42 bits per heavy atom. The molecule has 1 aliphatic rings. The summed E-state index contributed by atoms with van der Waals surface area (Å²) in [5.41, 5.74) is 1.74. The average molecular weight is 427 g/mol. The zero-order valence-electron chi connectivity index (χ0n) is 18.2. The summed E-state index contributed by atoms with van der Waals surface area (Å²) in [7, 11) is 5.57. The first kappa shape index (κ1) is 22.5. The highest BCUT2D eigenvalue weighted by Crippen LogP contribution is 2.40. The number of likely N-dealkylation sites (tertiary alicyclic amines) is 1. The minimum atomic E-state index is -0.778. The first-order valence-corrected chi connectivity index (χ1v) is 10.2. The number of ether oxygens (including phenoxy) is 1. The first-order chi connectivity index (χ1) is 14.7. The number of aliphatic hydroxyl groups excluding tert-OH is 1. The monoisotopic (exact) mass is 427 g/mol. The maximum atomic E-state index is 13.5. The van der Waals surface area contributed by atoms with E-state index >= 15 is 0 Å². The first-order valence-electron chi connectivity index (χ1n) is 10.2. The minimum Gasteiger partial charge on any atom is -0.507 e. The van der Waals surface area contributed by atoms with Crippen LogP contribution in [0.4, 0.5) is 4.39 Å². The number of aliphatic hydroxyl groups is 1. The highest BCUT2D eigenvalue weighted by Gasteiger charge is 2.46. The number of carbonyl (C=O) groups is 2. The van der Waals surface area contributed by atoms with Gasteiger partial charge in [-0.1, -0.05) is 12.1 Å². The number of hydrogen-bond acceptors (Lipinski definition) is 4. The molecule has 31 heavy (non-hydrogen) atoms. The molecule has 1 aliphatic heterocycles. The Labute approximate surface area is 181 Å². The molecule has 0 radical (unpaired) electrons. The third kappa shape index (κ3) is 4.61. The fraction of sp³-hybridized carbons (Fsp3) is 0.333. The number of nitrogens with one attached hydrogen (secondary N) is 1. The Kier molecular flexibility index (Phi) is 6.75. The van der Waals surface area contributed by atoms with Gasteiger partial charge in [0.25, 0.3) is 11.7 Å². The number of carbonyl (C=O) groups excluding carboxylic acids is 2. The van der Waals surface area contributed by atoms with Gasteiger partial charge in [0, 0.05) is 18.5 Å². The summed E-state index contributed by atoms with van der Waals surface area (Å²) in [4.78, 5) is 28.6. The van der Waals surface area contributed by atoms with E-state index < -0.39 is 23.5 Å². The fourth-order valence-electron chi connectivity index (χ4n) is 3.88. The Morgan fingerprint density at radius 2 is 1.84 bits per heavy atom. The van der Waals surface area contributed by atoms with E-state index in [0.717, 1.165) is 6.54 Å². The smallest absolute Gasteiger partial charge is 0.295 e. The van der Waals surface area contributed by atoms with Gasteiger partial charge in [-0.15, -0.1) is 0 Å². The van der Waals surface area contributed by atoms with E-state index in [1.165, 1.54) is 21.9 Å². The Bertz CT molecular complexity index is 1010. The van der Waals surface area contributed by atoms with Crippen LogP contribution < -0.4 is 9.64 Å². The van der Waals surface area contributed by atoms with Gasteiger partial charge in [-0.25, -0.2) is 4.39 Å². The predicted octanol–water partition coefficient (Wildman–Crippen LogP) is 2.10. The average Bonchev–Trinajstić information content (AvgIpc) is 2.98. The van der Waals surface area contributed by atoms with Crippen molar-refractivity contribution in [1.82, 2.24) is 4.90 Å². The molecular formula is C24H28FN2O4+. The van der Waals surface area contributed by atoms with Crippen molar-refractivity contribution in [2.24, 2.45) is 0 Å². The molecule has 0 aliphatic carbocycles. The van der Waals surface area contributed by atoms with Crippen molar-refractivity contribution in [3.05, 3.63) is 70.5 Å². The summed E-state index contributed by atoms with van der Waals surface area (Å²) in [6, 6.07) is 9.99. The van der Waals surface area contributed by atoms with E-state index in [9.17, 15) is 19.1 Å². The van der Waals surface area contributed by atoms with Gasteiger partial charge in [0.05, 0.1) is 39.4 Å². The Balaban J connectivity index is 2.11. The molecule has 0 aromatic heterocycles. The van der Waals surface area contributed by atoms with Crippen molar-refractivity contribution < 1.29 is 28.7 Å². The molecule has 2 N–H and O–H groups in total. The number of amides is 1. The largest absolute Gasteiger partial charge is 0.507 e. The zero-order chi connectivity index (χ0) is 22.7. The number of quaternary nitrogens is 1. The van der Waals surface area contributed by atoms with Crippen molar-refractivity contribution in [3.63, 3.8) is 0 Å². The van der Waals surface area contributed by atoms with Crippen LogP contribution in [0.25, 0.3) is 5.76 Å². The third-order valence-electron chi connectivity index (χ3n) is 5.49. The fourth-order valence-corrected chi connectivity index (χ4v) is 3.88. The molecule has 1 atom stereocenters. The number of nitrogens with zero attached hydrogens (tertiary/aromatic N) is 1. The van der Waals surface area contributed by atoms with E-state index in [1.807, 2.05) is 14.1 Å². The summed E-state index contributed by atoms with van der Waals surface area (Å²) >= 11 is 0. The van der Waals surface area contributed by atoms with Gasteiger partial charge in [0.1, 0.15) is 17.3 Å². The second kappa shape index (κ2) is 9.31. The SMILES string of the molecule is COc1ccc(C(O)=C2C(=O)C(=O)N(CCC[NH+](C)C)C2c2ccc(F)cc2)c(C)c1. The predicted molar refractivity (Wildman–Crippen MR) is 115 cm³/mol. The van der Waals surface area contributed by atoms with Crippen LogP contribution in [0.1, 0.15) is 29.2 Å². The number of Topliss-reactive ketones (excluding diaryl/α,β-unsaturated/α-hetero) is 1. The zero-order valence-corrected chi connectivity index (χ0v) is 18.2. The number of rotatable bonds is 7. The van der Waals surface area contributed by atoms with Crippen molar-refractivity contribution in [1.29, 1.82) is 0 Å². The molecule has 7 heteroatoms. The molecule has 2 aromatic carbocycles. The summed E-state index contributed by atoms with van der Waals surface area (Å²) in [6.07, 6.45) is 0.689. The van der Waals surface area contributed by atoms with Gasteiger partial charge < -0.3 is 19.6 Å². The minimum absolute atomic E-state index is 0.0158. The van der Waals surface area contributed by atoms with Crippen molar-refractivity contribution in [2.45, 2.75) is 19.4 Å². The quantitative estimate of drug-likeness (QED) is 0.403. The van der Waals surface area contributed by atoms with Crippen LogP contribution in [0.3, 0.4) is 0 Å². The maximum Gasteiger partial charge on any atom is 0.295 e. The van der Waals surface area contributed by atoms with Crippen LogP contribution in [0.15, 0.2) is 48.0 Å². The summed E-state index contributed by atoms with van der Waals surface area (Å²) < 4.78 is 18.7. The van der Waals surface area contributed by atoms with E-state index in [1.54, 1.807) is 44.4 Å². The number of aryl methyl sites for hydroxylation is 1. The number of ketones is 1. The molecule has 3 rings (SSSR count).